The monoisotopic (exact) mass is 238 g/mol. The standard InChI is InChI=1S/C12H18N2O3/c1-7-10(12(16)17)4-9(14-7)5-13-6-11(15)8-2-3-8/h4,8,11,13-15H,2-3,5-6H2,1H3,(H,16,17). The van der Waals surface area contributed by atoms with E-state index in [0.717, 1.165) is 18.5 Å². The molecule has 1 aliphatic rings. The average molecular weight is 238 g/mol. The Morgan fingerprint density at radius 2 is 2.35 bits per heavy atom. The van der Waals surface area contributed by atoms with Crippen LogP contribution in [-0.4, -0.2) is 33.8 Å². The maximum atomic E-state index is 10.8. The first-order chi connectivity index (χ1) is 8.08. The summed E-state index contributed by atoms with van der Waals surface area (Å²) in [5.74, 6) is -0.453. The number of hydrogen-bond acceptors (Lipinski definition) is 3. The van der Waals surface area contributed by atoms with E-state index in [1.54, 1.807) is 13.0 Å². The number of aliphatic hydroxyl groups excluding tert-OH is 1. The van der Waals surface area contributed by atoms with E-state index in [2.05, 4.69) is 10.3 Å². The van der Waals surface area contributed by atoms with Gasteiger partial charge in [-0.15, -0.1) is 0 Å². The van der Waals surface area contributed by atoms with Crippen molar-refractivity contribution in [3.63, 3.8) is 0 Å². The number of rotatable bonds is 6. The number of aliphatic hydroxyl groups is 1. The fourth-order valence-electron chi connectivity index (χ4n) is 1.95. The molecule has 1 saturated carbocycles. The molecule has 5 nitrogen and oxygen atoms in total. The number of carbonyl (C=O) groups is 1. The van der Waals surface area contributed by atoms with Crippen molar-refractivity contribution in [3.8, 4) is 0 Å². The molecule has 1 aromatic heterocycles. The van der Waals surface area contributed by atoms with Crippen molar-refractivity contribution in [2.45, 2.75) is 32.4 Å². The van der Waals surface area contributed by atoms with Gasteiger partial charge >= 0.3 is 5.97 Å². The number of aromatic nitrogens is 1. The normalized spacial score (nSPS) is 17.1. The Bertz CT molecular complexity index is 410. The first-order valence-corrected chi connectivity index (χ1v) is 5.88. The van der Waals surface area contributed by atoms with Gasteiger partial charge in [0, 0.05) is 24.5 Å². The Hall–Kier alpha value is -1.33. The first-order valence-electron chi connectivity index (χ1n) is 5.88. The highest BCUT2D eigenvalue weighted by Crippen LogP contribution is 2.32. The van der Waals surface area contributed by atoms with Crippen molar-refractivity contribution < 1.29 is 15.0 Å². The van der Waals surface area contributed by atoms with Crippen molar-refractivity contribution in [1.29, 1.82) is 0 Å². The Balaban J connectivity index is 1.82. The van der Waals surface area contributed by atoms with Crippen LogP contribution in [0.1, 0.15) is 34.6 Å². The predicted octanol–water partition coefficient (Wildman–Crippen LogP) is 0.882. The molecule has 0 aromatic carbocycles. The zero-order chi connectivity index (χ0) is 12.4. The molecule has 1 atom stereocenters. The lowest BCUT2D eigenvalue weighted by atomic mass is 10.2. The van der Waals surface area contributed by atoms with Gasteiger partial charge in [-0.3, -0.25) is 0 Å². The molecule has 94 valence electrons. The van der Waals surface area contributed by atoms with Crippen LogP contribution in [-0.2, 0) is 6.54 Å². The number of aromatic carboxylic acids is 1. The van der Waals surface area contributed by atoms with Crippen molar-refractivity contribution in [1.82, 2.24) is 10.3 Å². The molecule has 0 saturated heterocycles. The van der Waals surface area contributed by atoms with Gasteiger partial charge in [0.1, 0.15) is 0 Å². The number of nitrogens with one attached hydrogen (secondary N) is 2. The van der Waals surface area contributed by atoms with Crippen LogP contribution in [0.4, 0.5) is 0 Å². The molecule has 4 N–H and O–H groups in total. The van der Waals surface area contributed by atoms with Gasteiger partial charge in [-0.1, -0.05) is 0 Å². The summed E-state index contributed by atoms with van der Waals surface area (Å²) >= 11 is 0. The molecule has 0 aliphatic heterocycles. The molecule has 1 fully saturated rings. The summed E-state index contributed by atoms with van der Waals surface area (Å²) < 4.78 is 0. The van der Waals surface area contributed by atoms with E-state index in [4.69, 9.17) is 5.11 Å². The quantitative estimate of drug-likeness (QED) is 0.592. The maximum Gasteiger partial charge on any atom is 0.337 e. The molecule has 1 aromatic rings. The fraction of sp³-hybridized carbons (Fsp3) is 0.583. The third-order valence-electron chi connectivity index (χ3n) is 3.14. The number of aryl methyl sites for hydroxylation is 1. The zero-order valence-corrected chi connectivity index (χ0v) is 9.86. The molecule has 0 amide bonds. The highest BCUT2D eigenvalue weighted by atomic mass is 16.4. The van der Waals surface area contributed by atoms with Crippen molar-refractivity contribution >= 4 is 5.97 Å². The molecule has 1 heterocycles. The van der Waals surface area contributed by atoms with Crippen molar-refractivity contribution in [2.75, 3.05) is 6.54 Å². The maximum absolute atomic E-state index is 10.8. The van der Waals surface area contributed by atoms with Crippen LogP contribution >= 0.6 is 0 Å². The van der Waals surface area contributed by atoms with Gasteiger partial charge in [-0.05, 0) is 31.7 Å². The Morgan fingerprint density at radius 3 is 2.88 bits per heavy atom. The predicted molar refractivity (Wildman–Crippen MR) is 62.9 cm³/mol. The first kappa shape index (κ1) is 12.1. The van der Waals surface area contributed by atoms with Crippen LogP contribution < -0.4 is 5.32 Å². The molecule has 1 unspecified atom stereocenters. The summed E-state index contributed by atoms with van der Waals surface area (Å²) in [7, 11) is 0. The lowest BCUT2D eigenvalue weighted by Crippen LogP contribution is -2.27. The molecular formula is C12H18N2O3. The van der Waals surface area contributed by atoms with Gasteiger partial charge < -0.3 is 20.5 Å². The van der Waals surface area contributed by atoms with E-state index in [0.29, 0.717) is 30.3 Å². The molecule has 0 bridgehead atoms. The lowest BCUT2D eigenvalue weighted by Gasteiger charge is -2.09. The Morgan fingerprint density at radius 1 is 1.65 bits per heavy atom. The second-order valence-corrected chi connectivity index (χ2v) is 4.67. The number of hydrogen-bond donors (Lipinski definition) is 4. The highest BCUT2D eigenvalue weighted by molar-refractivity contribution is 5.89. The minimum absolute atomic E-state index is 0.273. The minimum atomic E-state index is -0.914. The van der Waals surface area contributed by atoms with E-state index < -0.39 is 5.97 Å². The van der Waals surface area contributed by atoms with Crippen LogP contribution in [0.3, 0.4) is 0 Å². The second-order valence-electron chi connectivity index (χ2n) is 4.67. The fourth-order valence-corrected chi connectivity index (χ4v) is 1.95. The van der Waals surface area contributed by atoms with Crippen LogP contribution in [0.15, 0.2) is 6.07 Å². The third kappa shape index (κ3) is 3.08. The van der Waals surface area contributed by atoms with Gasteiger partial charge in [-0.25, -0.2) is 4.79 Å². The largest absolute Gasteiger partial charge is 0.478 e. The average Bonchev–Trinajstić information content (AvgIpc) is 3.03. The highest BCUT2D eigenvalue weighted by Gasteiger charge is 2.29. The van der Waals surface area contributed by atoms with Crippen molar-refractivity contribution in [2.24, 2.45) is 5.92 Å². The summed E-state index contributed by atoms with van der Waals surface area (Å²) in [6.45, 7) is 2.86. The van der Waals surface area contributed by atoms with E-state index in [1.165, 1.54) is 0 Å². The lowest BCUT2D eigenvalue weighted by molar-refractivity contribution is 0.0696. The van der Waals surface area contributed by atoms with Gasteiger partial charge in [-0.2, -0.15) is 0 Å². The summed E-state index contributed by atoms with van der Waals surface area (Å²) in [5, 5.41) is 21.7. The zero-order valence-electron chi connectivity index (χ0n) is 9.86. The van der Waals surface area contributed by atoms with Crippen LogP contribution in [0.2, 0.25) is 0 Å². The SMILES string of the molecule is Cc1[nH]c(CNCC(O)C2CC2)cc1C(=O)O. The third-order valence-corrected chi connectivity index (χ3v) is 3.14. The summed E-state index contributed by atoms with van der Waals surface area (Å²) in [4.78, 5) is 13.9. The summed E-state index contributed by atoms with van der Waals surface area (Å²) in [6.07, 6.45) is 1.96. The van der Waals surface area contributed by atoms with Crippen molar-refractivity contribution in [3.05, 3.63) is 23.0 Å². The van der Waals surface area contributed by atoms with Gasteiger partial charge in [0.2, 0.25) is 0 Å². The molecule has 2 rings (SSSR count). The van der Waals surface area contributed by atoms with E-state index in [9.17, 15) is 9.90 Å². The van der Waals surface area contributed by atoms with Gasteiger partial charge in [0.05, 0.1) is 11.7 Å². The van der Waals surface area contributed by atoms with E-state index in [-0.39, 0.29) is 6.10 Å². The number of carboxylic acids is 1. The van der Waals surface area contributed by atoms with Crippen LogP contribution in [0.5, 0.6) is 0 Å². The number of aromatic amines is 1. The van der Waals surface area contributed by atoms with Crippen LogP contribution in [0.25, 0.3) is 0 Å². The molecule has 17 heavy (non-hydrogen) atoms. The Labute approximate surface area is 99.9 Å². The molecule has 1 aliphatic carbocycles. The van der Waals surface area contributed by atoms with Gasteiger partial charge in [0.15, 0.2) is 0 Å². The molecular weight excluding hydrogens is 220 g/mol. The van der Waals surface area contributed by atoms with Crippen LogP contribution in [0, 0.1) is 12.8 Å². The van der Waals surface area contributed by atoms with E-state index >= 15 is 0 Å². The van der Waals surface area contributed by atoms with Gasteiger partial charge in [0.25, 0.3) is 0 Å². The summed E-state index contributed by atoms with van der Waals surface area (Å²) in [6, 6.07) is 1.63. The topological polar surface area (TPSA) is 85.4 Å². The summed E-state index contributed by atoms with van der Waals surface area (Å²) in [5.41, 5.74) is 1.81. The molecule has 0 radical (unpaired) electrons. The minimum Gasteiger partial charge on any atom is -0.478 e. The molecule has 5 heteroatoms. The smallest absolute Gasteiger partial charge is 0.337 e. The number of carboxylic acid groups (broad SMARTS) is 1. The molecule has 0 spiro atoms. The Kier molecular flexibility index (Phi) is 3.49. The van der Waals surface area contributed by atoms with E-state index in [1.807, 2.05) is 0 Å². The second kappa shape index (κ2) is 4.89. The number of H-pyrrole nitrogens is 1.